The Labute approximate surface area is 306 Å². The maximum absolute atomic E-state index is 3.51. The Balaban J connectivity index is 1.01. The molecule has 0 amide bonds. The van der Waals surface area contributed by atoms with Crippen LogP contribution in [0, 0.1) is 0 Å². The molecule has 1 unspecified atom stereocenters. The van der Waals surface area contributed by atoms with Crippen molar-refractivity contribution in [1.82, 2.24) is 5.32 Å². The van der Waals surface area contributed by atoms with Gasteiger partial charge < -0.3 is 10.2 Å². The lowest BCUT2D eigenvalue weighted by Gasteiger charge is -2.26. The minimum absolute atomic E-state index is 0.237. The van der Waals surface area contributed by atoms with E-state index < -0.39 is 0 Å². The van der Waals surface area contributed by atoms with E-state index in [0.717, 1.165) is 17.1 Å². The molecule has 0 heterocycles. The summed E-state index contributed by atoms with van der Waals surface area (Å²) in [6, 6.07) is 72.6. The summed E-state index contributed by atoms with van der Waals surface area (Å²) in [7, 11) is 2.04. The predicted molar refractivity (Wildman–Crippen MR) is 219 cm³/mol. The van der Waals surface area contributed by atoms with Gasteiger partial charge in [0.15, 0.2) is 0 Å². The summed E-state index contributed by atoms with van der Waals surface area (Å²) >= 11 is 0. The predicted octanol–water partition coefficient (Wildman–Crippen LogP) is 13.1. The van der Waals surface area contributed by atoms with Crippen molar-refractivity contribution in [2.75, 3.05) is 11.9 Å². The molecular formula is C50H38N2. The quantitative estimate of drug-likeness (QED) is 0.174. The maximum Gasteiger partial charge on any atom is 0.0586 e. The fourth-order valence-corrected chi connectivity index (χ4v) is 7.77. The van der Waals surface area contributed by atoms with E-state index in [1.165, 1.54) is 66.8 Å². The molecule has 9 rings (SSSR count). The Morgan fingerprint density at radius 1 is 0.327 bits per heavy atom. The van der Waals surface area contributed by atoms with Crippen molar-refractivity contribution in [3.05, 3.63) is 211 Å². The zero-order valence-electron chi connectivity index (χ0n) is 29.1. The minimum Gasteiger partial charge on any atom is -0.311 e. The Hall–Kier alpha value is -6.48. The van der Waals surface area contributed by atoms with Crippen LogP contribution in [0.4, 0.5) is 17.1 Å². The van der Waals surface area contributed by atoms with Gasteiger partial charge in [-0.25, -0.2) is 0 Å². The van der Waals surface area contributed by atoms with Gasteiger partial charge in [0.25, 0.3) is 0 Å². The van der Waals surface area contributed by atoms with Gasteiger partial charge in [-0.3, -0.25) is 0 Å². The van der Waals surface area contributed by atoms with Crippen LogP contribution in [0.15, 0.2) is 200 Å². The number of hydrogen-bond donors (Lipinski definition) is 1. The van der Waals surface area contributed by atoms with Crippen LogP contribution in [-0.4, -0.2) is 7.05 Å². The van der Waals surface area contributed by atoms with Crippen LogP contribution in [0.1, 0.15) is 17.2 Å². The van der Waals surface area contributed by atoms with E-state index in [9.17, 15) is 0 Å². The van der Waals surface area contributed by atoms with Gasteiger partial charge in [0.05, 0.1) is 6.04 Å². The first-order valence-corrected chi connectivity index (χ1v) is 18.0. The van der Waals surface area contributed by atoms with E-state index in [4.69, 9.17) is 0 Å². The average Bonchev–Trinajstić information content (AvgIpc) is 3.55. The highest BCUT2D eigenvalue weighted by molar-refractivity contribution is 5.87. The molecule has 52 heavy (non-hydrogen) atoms. The van der Waals surface area contributed by atoms with Crippen LogP contribution in [0.25, 0.3) is 55.6 Å². The van der Waals surface area contributed by atoms with E-state index >= 15 is 0 Å². The Morgan fingerprint density at radius 2 is 0.731 bits per heavy atom. The lowest BCUT2D eigenvalue weighted by atomic mass is 9.92. The zero-order chi connectivity index (χ0) is 34.9. The van der Waals surface area contributed by atoms with Gasteiger partial charge in [0, 0.05) is 17.1 Å². The minimum atomic E-state index is 0.237. The van der Waals surface area contributed by atoms with E-state index in [1.807, 2.05) is 7.05 Å². The van der Waals surface area contributed by atoms with Gasteiger partial charge in [0.2, 0.25) is 0 Å². The highest BCUT2D eigenvalue weighted by Crippen LogP contribution is 2.45. The van der Waals surface area contributed by atoms with Gasteiger partial charge in [-0.05, 0) is 116 Å². The molecule has 248 valence electrons. The molecule has 0 aliphatic heterocycles. The van der Waals surface area contributed by atoms with Gasteiger partial charge in [-0.1, -0.05) is 158 Å². The fraction of sp³-hybridized carbons (Fsp3) is 0.0400. The van der Waals surface area contributed by atoms with Crippen molar-refractivity contribution in [2.45, 2.75) is 6.04 Å². The zero-order valence-corrected chi connectivity index (χ0v) is 29.1. The molecule has 1 aliphatic rings. The molecule has 2 nitrogen and oxygen atoms in total. The summed E-state index contributed by atoms with van der Waals surface area (Å²) in [5.41, 5.74) is 18.4. The molecule has 1 N–H and O–H groups in total. The summed E-state index contributed by atoms with van der Waals surface area (Å²) in [4.78, 5) is 2.32. The summed E-state index contributed by atoms with van der Waals surface area (Å²) in [5.74, 6) is 0. The highest BCUT2D eigenvalue weighted by atomic mass is 15.1. The molecule has 0 spiro atoms. The third-order valence-corrected chi connectivity index (χ3v) is 10.4. The summed E-state index contributed by atoms with van der Waals surface area (Å²) in [6.07, 6.45) is 0. The molecule has 1 atom stereocenters. The molecular weight excluding hydrogens is 629 g/mol. The van der Waals surface area contributed by atoms with Gasteiger partial charge in [0.1, 0.15) is 0 Å². The Kier molecular flexibility index (Phi) is 8.28. The van der Waals surface area contributed by atoms with Crippen molar-refractivity contribution < 1.29 is 0 Å². The lowest BCUT2D eigenvalue weighted by molar-refractivity contribution is 0.708. The molecule has 8 aromatic carbocycles. The van der Waals surface area contributed by atoms with Crippen LogP contribution in [0.5, 0.6) is 0 Å². The number of fused-ring (bicyclic) bond motifs is 3. The molecule has 1 aliphatic carbocycles. The molecule has 0 radical (unpaired) electrons. The fourth-order valence-electron chi connectivity index (χ4n) is 7.77. The van der Waals surface area contributed by atoms with Crippen LogP contribution < -0.4 is 10.2 Å². The van der Waals surface area contributed by atoms with Crippen LogP contribution >= 0.6 is 0 Å². The van der Waals surface area contributed by atoms with Crippen molar-refractivity contribution in [2.24, 2.45) is 0 Å². The Morgan fingerprint density at radius 3 is 1.35 bits per heavy atom. The van der Waals surface area contributed by atoms with Crippen molar-refractivity contribution in [3.8, 4) is 55.6 Å². The maximum atomic E-state index is 3.51. The van der Waals surface area contributed by atoms with Gasteiger partial charge in [-0.2, -0.15) is 0 Å². The van der Waals surface area contributed by atoms with Crippen LogP contribution in [0.3, 0.4) is 0 Å². The number of nitrogens with zero attached hydrogens (tertiary/aromatic N) is 1. The summed E-state index contributed by atoms with van der Waals surface area (Å²) < 4.78 is 0. The van der Waals surface area contributed by atoms with Crippen molar-refractivity contribution >= 4 is 17.1 Å². The average molecular weight is 667 g/mol. The van der Waals surface area contributed by atoms with Gasteiger partial charge in [-0.15, -0.1) is 0 Å². The number of para-hydroxylation sites is 1. The normalized spacial score (nSPS) is 13.0. The molecule has 2 heteroatoms. The molecule has 0 fully saturated rings. The molecule has 0 bridgehead atoms. The third kappa shape index (κ3) is 5.80. The SMILES string of the molecule is CNC1c2ccccc2-c2cc(-c3ccc(-c4ccccc4-c4ccc(N(c5ccccc5)c5ccc(-c6ccccc6)cc5)cc4)cc3)ccc21. The van der Waals surface area contributed by atoms with Gasteiger partial charge >= 0.3 is 0 Å². The molecule has 0 saturated carbocycles. The van der Waals surface area contributed by atoms with Crippen LogP contribution in [-0.2, 0) is 0 Å². The van der Waals surface area contributed by atoms with Crippen molar-refractivity contribution in [1.29, 1.82) is 0 Å². The van der Waals surface area contributed by atoms with E-state index in [2.05, 4.69) is 210 Å². The standard InChI is InChI=1S/C50H38N2/c1-51-50-47-19-11-10-18-46(47)49-34-40(28-33-48(49)50)37-20-22-38(23-21-37)44-16-8-9-17-45(44)39-26-31-43(32-27-39)52(41-14-6-3-7-15-41)42-29-24-36(25-30-42)35-12-4-2-5-13-35/h2-34,50-51H,1H3. The largest absolute Gasteiger partial charge is 0.311 e. The van der Waals surface area contributed by atoms with E-state index in [-0.39, 0.29) is 6.04 Å². The first-order valence-electron chi connectivity index (χ1n) is 18.0. The number of rotatable bonds is 8. The summed E-state index contributed by atoms with van der Waals surface area (Å²) in [5, 5.41) is 3.51. The third-order valence-electron chi connectivity index (χ3n) is 10.4. The Bertz CT molecular complexity index is 2470. The smallest absolute Gasteiger partial charge is 0.0586 e. The molecule has 0 saturated heterocycles. The van der Waals surface area contributed by atoms with E-state index in [1.54, 1.807) is 0 Å². The highest BCUT2D eigenvalue weighted by Gasteiger charge is 2.27. The number of hydrogen-bond acceptors (Lipinski definition) is 2. The first kappa shape index (κ1) is 31.5. The molecule has 8 aromatic rings. The number of benzene rings is 8. The first-order chi connectivity index (χ1) is 25.7. The van der Waals surface area contributed by atoms with Crippen LogP contribution in [0.2, 0.25) is 0 Å². The van der Waals surface area contributed by atoms with E-state index in [0.29, 0.717) is 0 Å². The number of anilines is 3. The topological polar surface area (TPSA) is 15.3 Å². The second kappa shape index (κ2) is 13.7. The monoisotopic (exact) mass is 666 g/mol. The second-order valence-electron chi connectivity index (χ2n) is 13.4. The summed E-state index contributed by atoms with van der Waals surface area (Å²) in [6.45, 7) is 0. The molecule has 0 aromatic heterocycles. The van der Waals surface area contributed by atoms with Crippen molar-refractivity contribution in [3.63, 3.8) is 0 Å². The number of nitrogens with one attached hydrogen (secondary N) is 1. The lowest BCUT2D eigenvalue weighted by Crippen LogP contribution is -2.14. The second-order valence-corrected chi connectivity index (χ2v) is 13.4.